The van der Waals surface area contributed by atoms with Crippen LogP contribution < -0.4 is 0 Å². The first-order valence-corrected chi connectivity index (χ1v) is 12.4. The second-order valence-corrected chi connectivity index (χ2v) is 13.3. The first-order valence-electron chi connectivity index (χ1n) is 12.4. The van der Waals surface area contributed by atoms with E-state index in [1.165, 1.54) is 32.1 Å². The van der Waals surface area contributed by atoms with Crippen LogP contribution in [-0.4, -0.2) is 35.0 Å². The van der Waals surface area contributed by atoms with Gasteiger partial charge >= 0.3 is 5.97 Å². The van der Waals surface area contributed by atoms with Gasteiger partial charge in [-0.3, -0.25) is 4.79 Å². The van der Waals surface area contributed by atoms with Crippen molar-refractivity contribution in [3.05, 3.63) is 0 Å². The molecule has 0 unspecified atom stereocenters. The molecule has 1 aliphatic heterocycles. The lowest BCUT2D eigenvalue weighted by atomic mass is 9.34. The Morgan fingerprint density at radius 3 is 2.33 bits per heavy atom. The third-order valence-corrected chi connectivity index (χ3v) is 11.9. The zero-order valence-electron chi connectivity index (χ0n) is 19.7. The van der Waals surface area contributed by atoms with Crippen LogP contribution >= 0.6 is 0 Å². The number of carbonyl (C=O) groups is 1. The van der Waals surface area contributed by atoms with Crippen molar-refractivity contribution in [3.63, 3.8) is 0 Å². The van der Waals surface area contributed by atoms with Gasteiger partial charge in [0.1, 0.15) is 0 Å². The second-order valence-electron chi connectivity index (χ2n) is 13.3. The number of ether oxygens (including phenoxy) is 1. The molecule has 1 heterocycles. The van der Waals surface area contributed by atoms with Crippen LogP contribution in [0.4, 0.5) is 0 Å². The van der Waals surface area contributed by atoms with E-state index < -0.39 is 17.5 Å². The Morgan fingerprint density at radius 2 is 1.63 bits per heavy atom. The SMILES string of the molecule is CC1(C)CC[C@]23CC[C@]4(C)[C@H](CC[C@@H]5[C@@](C)(CC(=O)O)[C@H](O)CC[C@]54C)[C@@H]2[C@H]1OC3. The first-order chi connectivity index (χ1) is 13.9. The van der Waals surface area contributed by atoms with E-state index in [1.54, 1.807) is 0 Å². The zero-order chi connectivity index (χ0) is 21.7. The van der Waals surface area contributed by atoms with Crippen LogP contribution in [0.3, 0.4) is 0 Å². The summed E-state index contributed by atoms with van der Waals surface area (Å²) in [5.74, 6) is 0.811. The third-order valence-electron chi connectivity index (χ3n) is 11.9. The molecule has 0 spiro atoms. The first kappa shape index (κ1) is 21.2. The van der Waals surface area contributed by atoms with E-state index in [4.69, 9.17) is 4.74 Å². The molecule has 0 aromatic rings. The third kappa shape index (κ3) is 2.44. The topological polar surface area (TPSA) is 66.8 Å². The average molecular weight is 419 g/mol. The minimum atomic E-state index is -0.767. The molecule has 4 heteroatoms. The van der Waals surface area contributed by atoms with E-state index in [0.717, 1.165) is 25.9 Å². The predicted octanol–water partition coefficient (Wildman–Crippen LogP) is 5.28. The molecule has 1 saturated heterocycles. The van der Waals surface area contributed by atoms with E-state index in [9.17, 15) is 15.0 Å². The van der Waals surface area contributed by atoms with Crippen molar-refractivity contribution in [2.24, 2.45) is 44.8 Å². The fraction of sp³-hybridized carbons (Fsp3) is 0.962. The number of hydrogen-bond acceptors (Lipinski definition) is 3. The molecule has 0 aromatic carbocycles. The molecule has 0 aromatic heterocycles. The highest BCUT2D eigenvalue weighted by atomic mass is 16.5. The van der Waals surface area contributed by atoms with Crippen molar-refractivity contribution in [3.8, 4) is 0 Å². The Balaban J connectivity index is 1.55. The summed E-state index contributed by atoms with van der Waals surface area (Å²) in [6.45, 7) is 12.8. The summed E-state index contributed by atoms with van der Waals surface area (Å²) in [6.07, 6.45) is 9.01. The Hall–Kier alpha value is -0.610. The second kappa shape index (κ2) is 6.25. The van der Waals surface area contributed by atoms with Gasteiger partial charge in [-0.25, -0.2) is 0 Å². The maximum absolute atomic E-state index is 11.8. The minimum absolute atomic E-state index is 0.0846. The largest absolute Gasteiger partial charge is 0.481 e. The molecule has 2 N–H and O–H groups in total. The molecule has 5 fully saturated rings. The highest BCUT2D eigenvalue weighted by Gasteiger charge is 2.71. The number of carboxylic acid groups (broad SMARTS) is 1. The van der Waals surface area contributed by atoms with Crippen LogP contribution in [-0.2, 0) is 9.53 Å². The summed E-state index contributed by atoms with van der Waals surface area (Å²) in [7, 11) is 0. The molecule has 170 valence electrons. The monoisotopic (exact) mass is 418 g/mol. The van der Waals surface area contributed by atoms with E-state index in [1.807, 2.05) is 0 Å². The number of carboxylic acids is 1. The van der Waals surface area contributed by atoms with Crippen LogP contribution in [0.15, 0.2) is 0 Å². The van der Waals surface area contributed by atoms with Crippen LogP contribution in [0.1, 0.15) is 92.4 Å². The molecule has 2 bridgehead atoms. The molecule has 5 aliphatic rings. The van der Waals surface area contributed by atoms with Gasteiger partial charge < -0.3 is 14.9 Å². The van der Waals surface area contributed by atoms with Gasteiger partial charge in [-0.05, 0) is 90.8 Å². The van der Waals surface area contributed by atoms with Gasteiger partial charge in [0.15, 0.2) is 0 Å². The molecule has 9 atom stereocenters. The van der Waals surface area contributed by atoms with Crippen molar-refractivity contribution in [1.82, 2.24) is 0 Å². The van der Waals surface area contributed by atoms with Crippen LogP contribution in [0.25, 0.3) is 0 Å². The fourth-order valence-corrected chi connectivity index (χ4v) is 9.89. The number of hydrogen-bond donors (Lipinski definition) is 2. The molecule has 4 saturated carbocycles. The summed E-state index contributed by atoms with van der Waals surface area (Å²) in [4.78, 5) is 11.8. The smallest absolute Gasteiger partial charge is 0.304 e. The van der Waals surface area contributed by atoms with Gasteiger partial charge in [-0.1, -0.05) is 34.6 Å². The molecule has 4 aliphatic carbocycles. The van der Waals surface area contributed by atoms with E-state index in [0.29, 0.717) is 23.4 Å². The van der Waals surface area contributed by atoms with Crippen LogP contribution in [0.2, 0.25) is 0 Å². The van der Waals surface area contributed by atoms with E-state index in [-0.39, 0.29) is 28.6 Å². The number of rotatable bonds is 2. The summed E-state index contributed by atoms with van der Waals surface area (Å²) >= 11 is 0. The normalized spacial score (nSPS) is 56.5. The average Bonchev–Trinajstić information content (AvgIpc) is 2.99. The van der Waals surface area contributed by atoms with Gasteiger partial charge in [0, 0.05) is 5.41 Å². The Bertz CT molecular complexity index is 747. The Labute approximate surface area is 182 Å². The minimum Gasteiger partial charge on any atom is -0.481 e. The molecule has 30 heavy (non-hydrogen) atoms. The molecular formula is C26H42O4. The van der Waals surface area contributed by atoms with Gasteiger partial charge in [0.25, 0.3) is 0 Å². The van der Waals surface area contributed by atoms with Gasteiger partial charge in [-0.2, -0.15) is 0 Å². The Kier molecular flexibility index (Phi) is 4.42. The number of aliphatic hydroxyl groups is 1. The standard InChI is InChI=1S/C26H42O4/c1-22(2)10-12-26-13-11-24(4)16(20(26)21(22)30-15-26)6-7-17-23(3,14-19(28)29)18(27)8-9-25(17,24)5/h16-18,20-21,27H,6-15H2,1-5H3,(H,28,29)/t16-,17-,18-,20-,21-,23-,24-,25-,26-/m1/s1. The summed E-state index contributed by atoms with van der Waals surface area (Å²) < 4.78 is 6.59. The van der Waals surface area contributed by atoms with Crippen LogP contribution in [0.5, 0.6) is 0 Å². The van der Waals surface area contributed by atoms with E-state index >= 15 is 0 Å². The quantitative estimate of drug-likeness (QED) is 0.640. The van der Waals surface area contributed by atoms with Crippen molar-refractivity contribution in [1.29, 1.82) is 0 Å². The van der Waals surface area contributed by atoms with E-state index in [2.05, 4.69) is 34.6 Å². The van der Waals surface area contributed by atoms with Crippen molar-refractivity contribution < 1.29 is 19.7 Å². The lowest BCUT2D eigenvalue weighted by molar-refractivity contribution is -0.236. The number of aliphatic hydroxyl groups excluding tert-OH is 1. The van der Waals surface area contributed by atoms with Gasteiger partial charge in [-0.15, -0.1) is 0 Å². The zero-order valence-corrected chi connectivity index (χ0v) is 19.7. The van der Waals surface area contributed by atoms with Crippen molar-refractivity contribution >= 4 is 5.97 Å². The molecule has 4 nitrogen and oxygen atoms in total. The molecule has 5 rings (SSSR count). The summed E-state index contributed by atoms with van der Waals surface area (Å²) in [6, 6.07) is 0. The number of aliphatic carboxylic acids is 1. The summed E-state index contributed by atoms with van der Waals surface area (Å²) in [5.41, 5.74) is 0.391. The lowest BCUT2D eigenvalue weighted by Gasteiger charge is -2.70. The fourth-order valence-electron chi connectivity index (χ4n) is 9.89. The maximum atomic E-state index is 11.8. The van der Waals surface area contributed by atoms with Gasteiger partial charge in [0.05, 0.1) is 25.2 Å². The molecule has 0 amide bonds. The molecular weight excluding hydrogens is 376 g/mol. The lowest BCUT2D eigenvalue weighted by Crippen LogP contribution is -2.66. The van der Waals surface area contributed by atoms with Crippen molar-refractivity contribution in [2.75, 3.05) is 6.61 Å². The molecule has 0 radical (unpaired) electrons. The van der Waals surface area contributed by atoms with Gasteiger partial charge in [0.2, 0.25) is 0 Å². The Morgan fingerprint density at radius 1 is 0.933 bits per heavy atom. The van der Waals surface area contributed by atoms with Crippen LogP contribution in [0, 0.1) is 44.8 Å². The number of fused-ring (bicyclic) bond motifs is 3. The van der Waals surface area contributed by atoms with Crippen molar-refractivity contribution in [2.45, 2.75) is 105 Å². The summed E-state index contributed by atoms with van der Waals surface area (Å²) in [5, 5.41) is 20.7. The highest BCUT2D eigenvalue weighted by molar-refractivity contribution is 5.68. The maximum Gasteiger partial charge on any atom is 0.304 e. The predicted molar refractivity (Wildman–Crippen MR) is 116 cm³/mol. The highest BCUT2D eigenvalue weighted by Crippen LogP contribution is 2.75.